The van der Waals surface area contributed by atoms with Crippen LogP contribution in [0.3, 0.4) is 0 Å². The highest BCUT2D eigenvalue weighted by atomic mass is 16.7. The average Bonchev–Trinajstić information content (AvgIpc) is 0.764. The normalized spacial score (nSPS) is 14.1. The zero-order chi connectivity index (χ0) is 96.5. The van der Waals surface area contributed by atoms with Crippen LogP contribution in [0, 0.1) is 0 Å². The van der Waals surface area contributed by atoms with Gasteiger partial charge in [0.05, 0.1) is 23.3 Å². The van der Waals surface area contributed by atoms with Gasteiger partial charge in [-0.25, -0.2) is 19.2 Å². The molecular formula is C118H100O23. The maximum Gasteiger partial charge on any atom is 0.342 e. The number of aliphatic hydroxyl groups excluding tert-OH is 2. The van der Waals surface area contributed by atoms with Crippen LogP contribution in [0.25, 0.3) is 0 Å². The second-order valence-electron chi connectivity index (χ2n) is 32.9. The lowest BCUT2D eigenvalue weighted by Gasteiger charge is -2.42. The van der Waals surface area contributed by atoms with Crippen LogP contribution in [0.1, 0.15) is 108 Å². The van der Waals surface area contributed by atoms with Crippen molar-refractivity contribution in [3.8, 4) is 74.7 Å². The number of hydrogen-bond acceptors (Lipinski definition) is 23. The Balaban J connectivity index is 0.825. The van der Waals surface area contributed by atoms with Gasteiger partial charge in [0.25, 0.3) is 0 Å². The summed E-state index contributed by atoms with van der Waals surface area (Å²) in [5.41, 5.74) is 7.58. The molecule has 0 spiro atoms. The van der Waals surface area contributed by atoms with Gasteiger partial charge >= 0.3 is 23.9 Å². The van der Waals surface area contributed by atoms with Gasteiger partial charge in [0.2, 0.25) is 41.1 Å². The van der Waals surface area contributed by atoms with Gasteiger partial charge in [-0.05, 0) is 103 Å². The first-order valence-corrected chi connectivity index (χ1v) is 46.0. The summed E-state index contributed by atoms with van der Waals surface area (Å²) in [6.45, 7) is -1.94. The third-order valence-corrected chi connectivity index (χ3v) is 22.6. The van der Waals surface area contributed by atoms with Gasteiger partial charge in [0, 0.05) is 6.07 Å². The lowest BCUT2D eigenvalue weighted by molar-refractivity contribution is -0.283. The van der Waals surface area contributed by atoms with Crippen molar-refractivity contribution in [1.29, 1.82) is 0 Å². The van der Waals surface area contributed by atoms with Crippen LogP contribution in [0.15, 0.2) is 406 Å². The van der Waals surface area contributed by atoms with E-state index in [2.05, 4.69) is 0 Å². The van der Waals surface area contributed by atoms with Crippen LogP contribution in [0.5, 0.6) is 74.7 Å². The van der Waals surface area contributed by atoms with Gasteiger partial charge in [-0.1, -0.05) is 364 Å². The van der Waals surface area contributed by atoms with Crippen LogP contribution in [0.4, 0.5) is 0 Å². The molecule has 23 heteroatoms. The van der Waals surface area contributed by atoms with Crippen molar-refractivity contribution < 1.29 is 110 Å². The Morgan fingerprint density at radius 3 is 0.723 bits per heavy atom. The van der Waals surface area contributed by atoms with Gasteiger partial charge in [-0.3, -0.25) is 0 Å². The van der Waals surface area contributed by atoms with Crippen LogP contribution < -0.4 is 56.8 Å². The van der Waals surface area contributed by atoms with E-state index in [1.54, 1.807) is 12.1 Å². The lowest BCUT2D eigenvalue weighted by Crippen LogP contribution is -2.62. The molecule has 2 N–H and O–H groups in total. The predicted molar refractivity (Wildman–Crippen MR) is 525 cm³/mol. The third-order valence-electron chi connectivity index (χ3n) is 22.6. The van der Waals surface area contributed by atoms with Crippen LogP contribution in [-0.2, 0) is 103 Å². The Hall–Kier alpha value is -17.1. The van der Waals surface area contributed by atoms with Crippen LogP contribution in [-0.4, -0.2) is 71.4 Å². The van der Waals surface area contributed by atoms with Crippen molar-refractivity contribution in [1.82, 2.24) is 0 Å². The number of rotatable bonds is 45. The van der Waals surface area contributed by atoms with Crippen molar-refractivity contribution >= 4 is 23.9 Å². The van der Waals surface area contributed by atoms with E-state index in [0.29, 0.717) is 22.3 Å². The predicted octanol–water partition coefficient (Wildman–Crippen LogP) is 22.9. The molecular weight excluding hydrogens is 1790 g/mol. The molecule has 1 saturated heterocycles. The Morgan fingerprint density at radius 2 is 0.447 bits per heavy atom. The highest BCUT2D eigenvalue weighted by molar-refractivity contribution is 5.97. The highest BCUT2D eigenvalue weighted by Gasteiger charge is 2.52. The molecule has 0 radical (unpaired) electrons. The molecule has 710 valence electrons. The number of ether oxygens (including phenoxy) is 17. The molecule has 1 aliphatic rings. The van der Waals surface area contributed by atoms with E-state index in [1.165, 1.54) is 42.5 Å². The quantitative estimate of drug-likeness (QED) is 0.0265. The molecule has 0 aliphatic carbocycles. The van der Waals surface area contributed by atoms with Crippen LogP contribution >= 0.6 is 0 Å². The molecule has 23 nitrogen and oxygen atoms in total. The summed E-state index contributed by atoms with van der Waals surface area (Å²) in [7, 11) is 0. The molecule has 1 heterocycles. The summed E-state index contributed by atoms with van der Waals surface area (Å²) in [6, 6.07) is 121. The maximum absolute atomic E-state index is 16.6. The molecule has 16 aromatic carbocycles. The Labute approximate surface area is 815 Å². The maximum atomic E-state index is 16.6. The minimum Gasteiger partial charge on any atom is -0.485 e. The van der Waals surface area contributed by atoms with Gasteiger partial charge in [0.1, 0.15) is 97.1 Å². The monoisotopic (exact) mass is 1880 g/mol. The molecule has 0 saturated carbocycles. The zero-order valence-electron chi connectivity index (χ0n) is 76.7. The molecule has 0 unspecified atom stereocenters. The number of hydrogen-bond donors (Lipinski definition) is 2. The first-order valence-electron chi connectivity index (χ1n) is 46.0. The number of esters is 4. The van der Waals surface area contributed by atoms with E-state index in [-0.39, 0.29) is 171 Å². The highest BCUT2D eigenvalue weighted by Crippen LogP contribution is 2.53. The third kappa shape index (κ3) is 26.4. The topological polar surface area (TPSA) is 266 Å². The first-order chi connectivity index (χ1) is 69.4. The van der Waals surface area contributed by atoms with Crippen molar-refractivity contribution in [2.45, 2.75) is 110 Å². The second-order valence-corrected chi connectivity index (χ2v) is 32.9. The van der Waals surface area contributed by atoms with E-state index in [4.69, 9.17) is 80.5 Å². The lowest BCUT2D eigenvalue weighted by atomic mass is 9.98. The fraction of sp³-hybridized carbons (Fsp3) is 0.153. The molecule has 1 fully saturated rings. The van der Waals surface area contributed by atoms with Crippen molar-refractivity contribution in [3.05, 3.63) is 495 Å². The Kier molecular flexibility index (Phi) is 32.9. The van der Waals surface area contributed by atoms with E-state index in [9.17, 15) is 10.2 Å². The standard InChI is InChI=1S/C118H100O23/c119-68-104-105(120)111(139-114(121)93-61-97(125-69-81-37-13-1-14-38-81)107(131-75-87-49-25-7-26-50-87)98(62-93)126-70-82-39-15-2-16-40-82)113(140-115(122)94-63-99(127-71-83-41-17-3-18-42-83)108(132-76-88-51-27-8-28-52-88)100(64-94)128-72-84-43-19-4-20-44-84)118(138-104)141-116(123)95-65-101(129-73-85-45-21-5-22-46-85)109(133-77-89-53-29-9-30-54-89)103(66-95)137-106-96(117(124)136-80-92-59-35-12-36-60-92)67-102(130-74-86-47-23-6-24-48-86)110(134-78-90-55-31-10-32-56-90)112(106)135-79-91-57-33-11-34-58-91/h1-67,104-105,111,113,118-120H,68-80H2/t104-,105-,111+,113-,118-/m1/s1. The van der Waals surface area contributed by atoms with Gasteiger partial charge in [0.15, 0.2) is 52.1 Å². The second kappa shape index (κ2) is 48.6. The minimum absolute atomic E-state index is 0.0120. The average molecular weight is 1890 g/mol. The van der Waals surface area contributed by atoms with Crippen molar-refractivity contribution in [2.24, 2.45) is 0 Å². The van der Waals surface area contributed by atoms with E-state index in [1.807, 2.05) is 352 Å². The summed E-state index contributed by atoms with van der Waals surface area (Å²) in [4.78, 5) is 64.6. The van der Waals surface area contributed by atoms with Gasteiger partial charge in [-0.15, -0.1) is 0 Å². The Bertz CT molecular complexity index is 6600. The molecule has 0 amide bonds. The van der Waals surface area contributed by atoms with E-state index >= 15 is 19.2 Å². The fourth-order valence-corrected chi connectivity index (χ4v) is 15.3. The number of carbonyl (C=O) groups excluding carboxylic acids is 4. The summed E-state index contributed by atoms with van der Waals surface area (Å²) in [6.07, 6.45) is -10.6. The summed E-state index contributed by atoms with van der Waals surface area (Å²) in [5.74, 6) is -5.41. The van der Waals surface area contributed by atoms with E-state index < -0.39 is 66.8 Å². The fourth-order valence-electron chi connectivity index (χ4n) is 15.3. The van der Waals surface area contributed by atoms with Crippen molar-refractivity contribution in [3.63, 3.8) is 0 Å². The zero-order valence-corrected chi connectivity index (χ0v) is 76.7. The molecule has 0 aromatic heterocycles. The largest absolute Gasteiger partial charge is 0.485 e. The molecule has 0 bridgehead atoms. The molecule has 1 aliphatic heterocycles. The molecule has 5 atom stereocenters. The first kappa shape index (κ1) is 95.6. The molecule has 141 heavy (non-hydrogen) atoms. The van der Waals surface area contributed by atoms with Crippen molar-refractivity contribution in [2.75, 3.05) is 6.61 Å². The minimum atomic E-state index is -2.28. The SMILES string of the molecule is O=C(O[C@H]1O[C@H](CO)[C@@H](O)[C@H](OC(=O)c2cc(OCc3ccccc3)c(OCc3ccccc3)c(OCc3ccccc3)c2)[C@H]1OC(=O)c1cc(OCc2ccccc2)c(OCc2ccccc2)c(OCc2ccccc2)c1)c1cc(OCc2ccccc2)c(OCc2ccccc2)c(Oc2c(C(=O)OCc3ccccc3)cc(OCc3ccccc3)c(OCc3ccccc3)c2OCc2ccccc2)c1. The summed E-state index contributed by atoms with van der Waals surface area (Å²) >= 11 is 0. The Morgan fingerprint density at radius 1 is 0.227 bits per heavy atom. The van der Waals surface area contributed by atoms with E-state index in [0.717, 1.165) is 44.5 Å². The summed E-state index contributed by atoms with van der Waals surface area (Å²) in [5, 5.41) is 24.6. The number of benzene rings is 16. The number of carbonyl (C=O) groups is 4. The molecule has 17 rings (SSSR count). The van der Waals surface area contributed by atoms with Gasteiger partial charge < -0.3 is 90.7 Å². The number of aliphatic hydroxyl groups is 2. The smallest absolute Gasteiger partial charge is 0.342 e. The van der Waals surface area contributed by atoms with Gasteiger partial charge in [-0.2, -0.15) is 0 Å². The van der Waals surface area contributed by atoms with Crippen LogP contribution in [0.2, 0.25) is 0 Å². The molecule has 16 aromatic rings. The summed E-state index contributed by atoms with van der Waals surface area (Å²) < 4.78 is 115.